The summed E-state index contributed by atoms with van der Waals surface area (Å²) in [7, 11) is 3.04. The van der Waals surface area contributed by atoms with Crippen molar-refractivity contribution in [1.82, 2.24) is 0 Å². The Bertz CT molecular complexity index is 603. The largest absolute Gasteiger partial charge is 0.493 e. The van der Waals surface area contributed by atoms with Crippen molar-refractivity contribution in [1.29, 1.82) is 0 Å². The zero-order chi connectivity index (χ0) is 15.4. The lowest BCUT2D eigenvalue weighted by Crippen LogP contribution is -2.33. The van der Waals surface area contributed by atoms with E-state index in [1.54, 1.807) is 18.2 Å². The van der Waals surface area contributed by atoms with Crippen LogP contribution in [0.1, 0.15) is 6.42 Å². The first-order valence-corrected chi connectivity index (χ1v) is 6.98. The number of amidine groups is 1. The number of nitrogens with one attached hydrogen (secondary N) is 1. The van der Waals surface area contributed by atoms with Crippen LogP contribution in [0.4, 0.5) is 5.69 Å². The summed E-state index contributed by atoms with van der Waals surface area (Å²) in [4.78, 5) is 27.0. The highest BCUT2D eigenvalue weighted by Crippen LogP contribution is 2.30. The maximum absolute atomic E-state index is 12.1. The Morgan fingerprint density at radius 3 is 2.71 bits per heavy atom. The topological polar surface area (TPSA) is 103 Å². The Hall–Kier alpha value is -2.22. The minimum Gasteiger partial charge on any atom is -0.493 e. The third-order valence-electron chi connectivity index (χ3n) is 2.80. The Kier molecular flexibility index (Phi) is 4.69. The van der Waals surface area contributed by atoms with Gasteiger partial charge in [0.15, 0.2) is 16.7 Å². The van der Waals surface area contributed by atoms with E-state index < -0.39 is 11.2 Å². The van der Waals surface area contributed by atoms with Gasteiger partial charge in [-0.2, -0.15) is 4.99 Å². The first-order valence-electron chi connectivity index (χ1n) is 6.10. The number of hydrogen-bond acceptors (Lipinski definition) is 6. The van der Waals surface area contributed by atoms with Gasteiger partial charge < -0.3 is 20.5 Å². The lowest BCUT2D eigenvalue weighted by molar-refractivity contribution is -0.121. The molecule has 0 fully saturated rings. The fourth-order valence-electron chi connectivity index (χ4n) is 1.82. The quantitative estimate of drug-likeness (QED) is 0.859. The van der Waals surface area contributed by atoms with Crippen molar-refractivity contribution in [2.45, 2.75) is 11.7 Å². The van der Waals surface area contributed by atoms with E-state index in [4.69, 9.17) is 15.2 Å². The number of amides is 2. The summed E-state index contributed by atoms with van der Waals surface area (Å²) < 4.78 is 10.3. The summed E-state index contributed by atoms with van der Waals surface area (Å²) in [6.45, 7) is 0. The highest BCUT2D eigenvalue weighted by atomic mass is 32.2. The van der Waals surface area contributed by atoms with Crippen molar-refractivity contribution in [3.8, 4) is 11.5 Å². The molecule has 0 bridgehead atoms. The molecule has 0 aromatic heterocycles. The number of rotatable bonds is 4. The second-order valence-electron chi connectivity index (χ2n) is 4.21. The standard InChI is InChI=1S/C13H15N3O4S/c1-19-8-4-3-7(5-9(8)20-2)15-12(18)10-6-11(17)16-13(14)21-10/h3-5,10H,6H2,1-2H3,(H,15,18)(H2,14,16,17)/t10-/m0/s1. The van der Waals surface area contributed by atoms with Crippen molar-refractivity contribution in [3.05, 3.63) is 18.2 Å². The molecule has 1 atom stereocenters. The molecule has 0 saturated carbocycles. The molecule has 0 radical (unpaired) electrons. The van der Waals surface area contributed by atoms with Crippen LogP contribution < -0.4 is 20.5 Å². The second kappa shape index (κ2) is 6.49. The number of hydrogen-bond donors (Lipinski definition) is 2. The minimum absolute atomic E-state index is 0.0322. The lowest BCUT2D eigenvalue weighted by Gasteiger charge is -2.18. The molecule has 21 heavy (non-hydrogen) atoms. The minimum atomic E-state index is -0.580. The number of methoxy groups -OCH3 is 2. The maximum Gasteiger partial charge on any atom is 0.249 e. The van der Waals surface area contributed by atoms with Gasteiger partial charge in [0.1, 0.15) is 5.25 Å². The monoisotopic (exact) mass is 309 g/mol. The summed E-state index contributed by atoms with van der Waals surface area (Å²) in [5, 5.41) is 2.25. The average Bonchev–Trinajstić information content (AvgIpc) is 2.46. The number of thioether (sulfide) groups is 1. The molecule has 0 unspecified atom stereocenters. The fraction of sp³-hybridized carbons (Fsp3) is 0.308. The number of nitrogens with two attached hydrogens (primary N) is 1. The molecule has 112 valence electrons. The van der Waals surface area contributed by atoms with Gasteiger partial charge in [-0.1, -0.05) is 11.8 Å². The SMILES string of the molecule is COc1ccc(NC(=O)[C@@H]2CC(=O)N=C(N)S2)cc1OC. The Labute approximate surface area is 125 Å². The number of benzene rings is 1. The Balaban J connectivity index is 2.09. The van der Waals surface area contributed by atoms with Gasteiger partial charge in [-0.25, -0.2) is 0 Å². The normalized spacial score (nSPS) is 17.9. The highest BCUT2D eigenvalue weighted by Gasteiger charge is 2.28. The number of anilines is 1. The van der Waals surface area contributed by atoms with Crippen molar-refractivity contribution in [2.24, 2.45) is 10.7 Å². The van der Waals surface area contributed by atoms with Crippen LogP contribution in [0.5, 0.6) is 11.5 Å². The molecule has 1 aromatic carbocycles. The smallest absolute Gasteiger partial charge is 0.249 e. The van der Waals surface area contributed by atoms with Gasteiger partial charge in [0.05, 0.1) is 20.6 Å². The molecule has 2 amide bonds. The van der Waals surface area contributed by atoms with E-state index >= 15 is 0 Å². The summed E-state index contributed by atoms with van der Waals surface area (Å²) in [6, 6.07) is 5.01. The third kappa shape index (κ3) is 3.66. The average molecular weight is 309 g/mol. The zero-order valence-electron chi connectivity index (χ0n) is 11.6. The molecule has 1 aromatic rings. The van der Waals surface area contributed by atoms with E-state index in [1.165, 1.54) is 14.2 Å². The number of nitrogens with zero attached hydrogens (tertiary/aromatic N) is 1. The molecule has 0 saturated heterocycles. The van der Waals surface area contributed by atoms with Gasteiger partial charge in [0.2, 0.25) is 11.8 Å². The molecule has 1 aliphatic heterocycles. The van der Waals surface area contributed by atoms with E-state index in [2.05, 4.69) is 10.3 Å². The van der Waals surface area contributed by atoms with Crippen LogP contribution in [0.15, 0.2) is 23.2 Å². The fourth-order valence-corrected chi connectivity index (χ4v) is 2.66. The summed E-state index contributed by atoms with van der Waals surface area (Å²) in [5.74, 6) is 0.370. The molecule has 1 heterocycles. The van der Waals surface area contributed by atoms with Gasteiger partial charge in [-0.15, -0.1) is 0 Å². The number of aliphatic imine (C=N–C) groups is 1. The first kappa shape index (κ1) is 15.2. The molecule has 8 heteroatoms. The van der Waals surface area contributed by atoms with Crippen LogP contribution in [0.25, 0.3) is 0 Å². The highest BCUT2D eigenvalue weighted by molar-refractivity contribution is 8.15. The van der Waals surface area contributed by atoms with Gasteiger partial charge in [-0.05, 0) is 12.1 Å². The van der Waals surface area contributed by atoms with Crippen LogP contribution in [-0.4, -0.2) is 36.5 Å². The molecule has 0 aliphatic carbocycles. The van der Waals surface area contributed by atoms with Gasteiger partial charge in [-0.3, -0.25) is 9.59 Å². The lowest BCUT2D eigenvalue weighted by atomic mass is 10.2. The number of carbonyl (C=O) groups is 2. The van der Waals surface area contributed by atoms with Crippen molar-refractivity contribution in [2.75, 3.05) is 19.5 Å². The van der Waals surface area contributed by atoms with Crippen LogP contribution in [0.3, 0.4) is 0 Å². The van der Waals surface area contributed by atoms with Crippen LogP contribution in [0.2, 0.25) is 0 Å². The molecular weight excluding hydrogens is 294 g/mol. The summed E-state index contributed by atoms with van der Waals surface area (Å²) in [6.07, 6.45) is 0.0322. The molecule has 0 spiro atoms. The van der Waals surface area contributed by atoms with E-state index in [-0.39, 0.29) is 17.5 Å². The Morgan fingerprint density at radius 2 is 2.10 bits per heavy atom. The van der Waals surface area contributed by atoms with E-state index in [9.17, 15) is 9.59 Å². The van der Waals surface area contributed by atoms with E-state index in [0.717, 1.165) is 11.8 Å². The summed E-state index contributed by atoms with van der Waals surface area (Å²) >= 11 is 1.07. The second-order valence-corrected chi connectivity index (χ2v) is 5.44. The van der Waals surface area contributed by atoms with Crippen LogP contribution in [-0.2, 0) is 9.59 Å². The molecular formula is C13H15N3O4S. The van der Waals surface area contributed by atoms with Crippen molar-refractivity contribution < 1.29 is 19.1 Å². The maximum atomic E-state index is 12.1. The summed E-state index contributed by atoms with van der Waals surface area (Å²) in [5.41, 5.74) is 6.05. The zero-order valence-corrected chi connectivity index (χ0v) is 12.4. The first-order chi connectivity index (χ1) is 10.0. The predicted molar refractivity (Wildman–Crippen MR) is 80.8 cm³/mol. The number of carbonyl (C=O) groups excluding carboxylic acids is 2. The number of ether oxygens (including phenoxy) is 2. The molecule has 7 nitrogen and oxygen atoms in total. The Morgan fingerprint density at radius 1 is 1.38 bits per heavy atom. The van der Waals surface area contributed by atoms with Crippen molar-refractivity contribution >= 4 is 34.4 Å². The van der Waals surface area contributed by atoms with Crippen LogP contribution in [0, 0.1) is 0 Å². The molecule has 1 aliphatic rings. The van der Waals surface area contributed by atoms with Gasteiger partial charge in [0, 0.05) is 11.8 Å². The van der Waals surface area contributed by atoms with Gasteiger partial charge in [0.25, 0.3) is 0 Å². The van der Waals surface area contributed by atoms with Gasteiger partial charge >= 0.3 is 0 Å². The predicted octanol–water partition coefficient (Wildman–Crippen LogP) is 0.989. The molecule has 3 N–H and O–H groups in total. The van der Waals surface area contributed by atoms with E-state index in [1.807, 2.05) is 0 Å². The third-order valence-corrected chi connectivity index (χ3v) is 3.80. The van der Waals surface area contributed by atoms with Crippen molar-refractivity contribution in [3.63, 3.8) is 0 Å². The van der Waals surface area contributed by atoms with Crippen LogP contribution >= 0.6 is 11.8 Å². The molecule has 2 rings (SSSR count). The van der Waals surface area contributed by atoms with E-state index in [0.29, 0.717) is 17.2 Å².